The first-order valence-electron chi connectivity index (χ1n) is 7.73. The quantitative estimate of drug-likeness (QED) is 0.734. The maximum absolute atomic E-state index is 13.5. The lowest BCUT2D eigenvalue weighted by Crippen LogP contribution is -2.43. The summed E-state index contributed by atoms with van der Waals surface area (Å²) in [5.41, 5.74) is 0.316. The molecule has 1 aliphatic carbocycles. The first-order chi connectivity index (χ1) is 10.1. The number of ether oxygens (including phenoxy) is 1. The summed E-state index contributed by atoms with van der Waals surface area (Å²) in [6.45, 7) is 0.631. The van der Waals surface area contributed by atoms with Gasteiger partial charge in [0, 0.05) is 18.1 Å². The van der Waals surface area contributed by atoms with E-state index in [1.165, 1.54) is 31.4 Å². The number of benzene rings is 1. The van der Waals surface area contributed by atoms with E-state index in [1.807, 2.05) is 0 Å². The Morgan fingerprint density at radius 1 is 1.29 bits per heavy atom. The number of Topliss-reactive ketones (excluding diaryl/α,β-unsaturated/α-hetero) is 1. The largest absolute Gasteiger partial charge is 0.375 e. The van der Waals surface area contributed by atoms with Crippen molar-refractivity contribution < 1.29 is 13.9 Å². The van der Waals surface area contributed by atoms with Crippen molar-refractivity contribution in [3.8, 4) is 0 Å². The topological polar surface area (TPSA) is 26.3 Å². The lowest BCUT2D eigenvalue weighted by Gasteiger charge is -2.43. The van der Waals surface area contributed by atoms with Gasteiger partial charge in [-0.3, -0.25) is 4.79 Å². The van der Waals surface area contributed by atoms with Crippen LogP contribution in [0.3, 0.4) is 0 Å². The van der Waals surface area contributed by atoms with Crippen LogP contribution in [0.15, 0.2) is 18.2 Å². The molecule has 1 aliphatic heterocycles. The fourth-order valence-corrected chi connectivity index (χ4v) is 3.80. The molecule has 1 aromatic carbocycles. The van der Waals surface area contributed by atoms with Gasteiger partial charge in [0.1, 0.15) is 5.82 Å². The summed E-state index contributed by atoms with van der Waals surface area (Å²) < 4.78 is 19.6. The molecule has 0 radical (unpaired) electrons. The van der Waals surface area contributed by atoms with Gasteiger partial charge in [-0.2, -0.15) is 0 Å². The third-order valence-corrected chi connectivity index (χ3v) is 5.14. The van der Waals surface area contributed by atoms with Crippen LogP contribution >= 0.6 is 11.6 Å². The summed E-state index contributed by atoms with van der Waals surface area (Å²) in [5.74, 6) is -0.557. The fourth-order valence-electron chi connectivity index (χ4n) is 3.68. The van der Waals surface area contributed by atoms with E-state index in [9.17, 15) is 9.18 Å². The second-order valence-electron chi connectivity index (χ2n) is 6.27. The monoisotopic (exact) mass is 310 g/mol. The van der Waals surface area contributed by atoms with E-state index in [-0.39, 0.29) is 22.3 Å². The van der Waals surface area contributed by atoms with Crippen LogP contribution in [0.25, 0.3) is 0 Å². The van der Waals surface area contributed by atoms with E-state index in [0.717, 1.165) is 25.7 Å². The second-order valence-corrected chi connectivity index (χ2v) is 6.68. The molecule has 1 spiro atoms. The molecule has 1 saturated carbocycles. The first-order valence-corrected chi connectivity index (χ1v) is 8.11. The van der Waals surface area contributed by atoms with Gasteiger partial charge in [0.25, 0.3) is 0 Å². The fraction of sp³-hybridized carbons (Fsp3) is 0.588. The molecular weight excluding hydrogens is 291 g/mol. The average molecular weight is 311 g/mol. The van der Waals surface area contributed by atoms with E-state index in [2.05, 4.69) is 0 Å². The summed E-state index contributed by atoms with van der Waals surface area (Å²) in [6, 6.07) is 4.34. The lowest BCUT2D eigenvalue weighted by molar-refractivity contribution is -0.111. The number of ketones is 1. The summed E-state index contributed by atoms with van der Waals surface area (Å²) in [4.78, 5) is 12.6. The van der Waals surface area contributed by atoms with Crippen LogP contribution in [0.4, 0.5) is 4.39 Å². The Morgan fingerprint density at radius 3 is 2.76 bits per heavy atom. The molecule has 3 rings (SSSR count). The van der Waals surface area contributed by atoms with Gasteiger partial charge >= 0.3 is 0 Å². The lowest BCUT2D eigenvalue weighted by atomic mass is 9.74. The highest BCUT2D eigenvalue weighted by Crippen LogP contribution is 2.41. The van der Waals surface area contributed by atoms with Crippen LogP contribution < -0.4 is 0 Å². The minimum atomic E-state index is -0.526. The van der Waals surface area contributed by atoms with E-state index in [4.69, 9.17) is 16.3 Å². The molecule has 2 aliphatic rings. The molecule has 1 aromatic rings. The Kier molecular flexibility index (Phi) is 4.32. The first kappa shape index (κ1) is 15.0. The molecule has 0 aromatic heterocycles. The van der Waals surface area contributed by atoms with E-state index >= 15 is 0 Å². The average Bonchev–Trinajstić information content (AvgIpc) is 2.50. The van der Waals surface area contributed by atoms with Gasteiger partial charge in [-0.1, -0.05) is 30.9 Å². The van der Waals surface area contributed by atoms with Crippen molar-refractivity contribution in [3.05, 3.63) is 34.6 Å². The Bertz CT molecular complexity index is 532. The maximum Gasteiger partial charge on any atom is 0.166 e. The molecule has 1 saturated heterocycles. The van der Waals surface area contributed by atoms with Crippen molar-refractivity contribution in [2.24, 2.45) is 5.92 Å². The van der Waals surface area contributed by atoms with Gasteiger partial charge in [0.05, 0.1) is 10.6 Å². The van der Waals surface area contributed by atoms with E-state index in [1.54, 1.807) is 6.07 Å². The highest BCUT2D eigenvalue weighted by Gasteiger charge is 2.40. The predicted molar refractivity (Wildman–Crippen MR) is 80.2 cm³/mol. The Labute approximate surface area is 129 Å². The van der Waals surface area contributed by atoms with Gasteiger partial charge < -0.3 is 4.74 Å². The van der Waals surface area contributed by atoms with E-state index < -0.39 is 5.82 Å². The van der Waals surface area contributed by atoms with Crippen LogP contribution in [-0.4, -0.2) is 18.0 Å². The molecule has 1 heterocycles. The van der Waals surface area contributed by atoms with Crippen molar-refractivity contribution in [3.63, 3.8) is 0 Å². The minimum Gasteiger partial charge on any atom is -0.375 e. The normalized spacial score (nSPS) is 25.0. The number of hydrogen-bond donors (Lipinski definition) is 0. The Balaban J connectivity index is 1.76. The molecule has 0 amide bonds. The van der Waals surface area contributed by atoms with Gasteiger partial charge in [-0.15, -0.1) is 0 Å². The van der Waals surface area contributed by atoms with Crippen molar-refractivity contribution in [2.75, 3.05) is 6.61 Å². The SMILES string of the molecule is O=C(c1ccc(Cl)c(F)c1)C1CCOC2(CCCCC2)C1. The van der Waals surface area contributed by atoms with Gasteiger partial charge in [0.2, 0.25) is 0 Å². The third-order valence-electron chi connectivity index (χ3n) is 4.83. The van der Waals surface area contributed by atoms with Crippen LogP contribution in [0.2, 0.25) is 5.02 Å². The molecule has 1 unspecified atom stereocenters. The predicted octanol–water partition coefficient (Wildman–Crippen LogP) is 4.79. The zero-order valence-electron chi connectivity index (χ0n) is 12.0. The van der Waals surface area contributed by atoms with E-state index in [0.29, 0.717) is 12.2 Å². The summed E-state index contributed by atoms with van der Waals surface area (Å²) in [6.07, 6.45) is 7.21. The zero-order valence-corrected chi connectivity index (χ0v) is 12.8. The molecule has 21 heavy (non-hydrogen) atoms. The van der Waals surface area contributed by atoms with Crippen LogP contribution in [-0.2, 0) is 4.74 Å². The van der Waals surface area contributed by atoms with Crippen LogP contribution in [0.5, 0.6) is 0 Å². The standard InChI is InChI=1S/C17H20ClFO2/c18-14-5-4-12(10-15(14)19)16(20)13-6-9-21-17(11-13)7-2-1-3-8-17/h4-5,10,13H,1-3,6-9,11H2. The summed E-state index contributed by atoms with van der Waals surface area (Å²) in [5, 5.41) is 0.0577. The third kappa shape index (κ3) is 3.14. The molecule has 0 N–H and O–H groups in total. The van der Waals surface area contributed by atoms with Crippen LogP contribution in [0, 0.1) is 11.7 Å². The molecule has 2 fully saturated rings. The molecule has 2 nitrogen and oxygen atoms in total. The van der Waals surface area contributed by atoms with Crippen molar-refractivity contribution in [2.45, 2.75) is 50.5 Å². The zero-order chi connectivity index (χ0) is 14.9. The van der Waals surface area contributed by atoms with Crippen LogP contribution in [0.1, 0.15) is 55.3 Å². The number of hydrogen-bond acceptors (Lipinski definition) is 2. The number of halogens is 2. The molecule has 0 bridgehead atoms. The second kappa shape index (κ2) is 6.05. The molecule has 114 valence electrons. The van der Waals surface area contributed by atoms with Gasteiger partial charge in [-0.25, -0.2) is 4.39 Å². The van der Waals surface area contributed by atoms with Gasteiger partial charge in [-0.05, 0) is 43.9 Å². The summed E-state index contributed by atoms with van der Waals surface area (Å²) in [7, 11) is 0. The Morgan fingerprint density at radius 2 is 2.05 bits per heavy atom. The summed E-state index contributed by atoms with van der Waals surface area (Å²) >= 11 is 5.68. The maximum atomic E-state index is 13.5. The molecular formula is C17H20ClFO2. The molecule has 1 atom stereocenters. The number of carbonyl (C=O) groups is 1. The highest BCUT2D eigenvalue weighted by molar-refractivity contribution is 6.30. The number of carbonyl (C=O) groups excluding carboxylic acids is 1. The number of rotatable bonds is 2. The van der Waals surface area contributed by atoms with Crippen molar-refractivity contribution in [1.29, 1.82) is 0 Å². The Hall–Kier alpha value is -0.930. The van der Waals surface area contributed by atoms with Gasteiger partial charge in [0.15, 0.2) is 5.78 Å². The molecule has 4 heteroatoms. The smallest absolute Gasteiger partial charge is 0.166 e. The highest BCUT2D eigenvalue weighted by atomic mass is 35.5. The van der Waals surface area contributed by atoms with Crippen molar-refractivity contribution in [1.82, 2.24) is 0 Å². The van der Waals surface area contributed by atoms with Crippen molar-refractivity contribution >= 4 is 17.4 Å². The minimum absolute atomic E-state index is 0.0267.